The van der Waals surface area contributed by atoms with Crippen molar-refractivity contribution >= 4 is 17.4 Å². The van der Waals surface area contributed by atoms with Crippen LogP contribution in [0.25, 0.3) is 0 Å². The highest BCUT2D eigenvalue weighted by Gasteiger charge is 2.20. The summed E-state index contributed by atoms with van der Waals surface area (Å²) in [6, 6.07) is 3.68. The third kappa shape index (κ3) is 4.72. The SMILES string of the molecule is Nc1ccc(NCCCNC(=O)C2CCCCC2)nc1. The molecule has 0 spiro atoms. The summed E-state index contributed by atoms with van der Waals surface area (Å²) in [4.78, 5) is 16.1. The van der Waals surface area contributed by atoms with Gasteiger partial charge in [-0.05, 0) is 31.4 Å². The minimum absolute atomic E-state index is 0.232. The Kier molecular flexibility index (Phi) is 5.65. The molecule has 0 unspecified atom stereocenters. The van der Waals surface area contributed by atoms with Crippen molar-refractivity contribution in [1.29, 1.82) is 0 Å². The number of aromatic nitrogens is 1. The van der Waals surface area contributed by atoms with E-state index >= 15 is 0 Å². The van der Waals surface area contributed by atoms with Gasteiger partial charge in [0.15, 0.2) is 0 Å². The van der Waals surface area contributed by atoms with Crippen LogP contribution in [0.2, 0.25) is 0 Å². The quantitative estimate of drug-likeness (QED) is 0.696. The molecule has 1 fully saturated rings. The third-order valence-electron chi connectivity index (χ3n) is 3.72. The fourth-order valence-corrected chi connectivity index (χ4v) is 2.54. The molecular weight excluding hydrogens is 252 g/mol. The number of pyridine rings is 1. The van der Waals surface area contributed by atoms with Gasteiger partial charge < -0.3 is 16.4 Å². The van der Waals surface area contributed by atoms with Crippen molar-refractivity contribution in [2.45, 2.75) is 38.5 Å². The topological polar surface area (TPSA) is 80.0 Å². The molecule has 1 amide bonds. The van der Waals surface area contributed by atoms with Gasteiger partial charge in [0.1, 0.15) is 5.82 Å². The van der Waals surface area contributed by atoms with Crippen LogP contribution in [0.1, 0.15) is 38.5 Å². The first-order chi connectivity index (χ1) is 9.75. The van der Waals surface area contributed by atoms with Crippen LogP contribution in [0.3, 0.4) is 0 Å². The van der Waals surface area contributed by atoms with Crippen molar-refractivity contribution in [2.75, 3.05) is 24.1 Å². The molecule has 0 bridgehead atoms. The third-order valence-corrected chi connectivity index (χ3v) is 3.72. The summed E-state index contributed by atoms with van der Waals surface area (Å²) in [6.07, 6.45) is 8.31. The Morgan fingerprint density at radius 1 is 1.25 bits per heavy atom. The van der Waals surface area contributed by atoms with Gasteiger partial charge in [0.05, 0.1) is 11.9 Å². The van der Waals surface area contributed by atoms with Gasteiger partial charge in [-0.2, -0.15) is 0 Å². The van der Waals surface area contributed by atoms with Crippen LogP contribution in [-0.4, -0.2) is 24.0 Å². The second kappa shape index (κ2) is 7.72. The van der Waals surface area contributed by atoms with Crippen molar-refractivity contribution in [3.8, 4) is 0 Å². The summed E-state index contributed by atoms with van der Waals surface area (Å²) in [5.41, 5.74) is 6.23. The number of hydrogen-bond donors (Lipinski definition) is 3. The Balaban J connectivity index is 1.57. The summed E-state index contributed by atoms with van der Waals surface area (Å²) in [5.74, 6) is 1.29. The Morgan fingerprint density at radius 3 is 2.75 bits per heavy atom. The lowest BCUT2D eigenvalue weighted by atomic mass is 9.89. The van der Waals surface area contributed by atoms with Gasteiger partial charge in [-0.15, -0.1) is 0 Å². The molecule has 5 nitrogen and oxygen atoms in total. The maximum Gasteiger partial charge on any atom is 0.223 e. The zero-order valence-electron chi connectivity index (χ0n) is 11.9. The van der Waals surface area contributed by atoms with Gasteiger partial charge in [-0.3, -0.25) is 4.79 Å². The zero-order valence-corrected chi connectivity index (χ0v) is 11.9. The van der Waals surface area contributed by atoms with Crippen LogP contribution in [0.4, 0.5) is 11.5 Å². The van der Waals surface area contributed by atoms with Crippen LogP contribution in [-0.2, 0) is 4.79 Å². The highest BCUT2D eigenvalue weighted by atomic mass is 16.1. The first-order valence-corrected chi connectivity index (χ1v) is 7.49. The molecule has 1 aliphatic carbocycles. The van der Waals surface area contributed by atoms with E-state index in [1.807, 2.05) is 12.1 Å². The average Bonchev–Trinajstić information content (AvgIpc) is 2.49. The fraction of sp³-hybridized carbons (Fsp3) is 0.600. The number of hydrogen-bond acceptors (Lipinski definition) is 4. The van der Waals surface area contributed by atoms with Crippen LogP contribution in [0.15, 0.2) is 18.3 Å². The minimum Gasteiger partial charge on any atom is -0.397 e. The van der Waals surface area contributed by atoms with Gasteiger partial charge in [-0.25, -0.2) is 4.98 Å². The molecule has 1 aromatic rings. The van der Waals surface area contributed by atoms with Crippen molar-refractivity contribution in [3.05, 3.63) is 18.3 Å². The minimum atomic E-state index is 0.232. The second-order valence-electron chi connectivity index (χ2n) is 5.38. The van der Waals surface area contributed by atoms with Crippen molar-refractivity contribution in [3.63, 3.8) is 0 Å². The largest absolute Gasteiger partial charge is 0.397 e. The van der Waals surface area contributed by atoms with E-state index in [1.165, 1.54) is 19.3 Å². The van der Waals surface area contributed by atoms with Gasteiger partial charge >= 0.3 is 0 Å². The monoisotopic (exact) mass is 276 g/mol. The second-order valence-corrected chi connectivity index (χ2v) is 5.38. The van der Waals surface area contributed by atoms with E-state index in [0.29, 0.717) is 5.69 Å². The van der Waals surface area contributed by atoms with E-state index in [0.717, 1.165) is 38.2 Å². The van der Waals surface area contributed by atoms with E-state index in [1.54, 1.807) is 6.20 Å². The molecule has 1 saturated carbocycles. The molecule has 0 aliphatic heterocycles. The van der Waals surface area contributed by atoms with E-state index in [4.69, 9.17) is 5.73 Å². The van der Waals surface area contributed by atoms with E-state index in [2.05, 4.69) is 15.6 Å². The van der Waals surface area contributed by atoms with Gasteiger partial charge in [0.2, 0.25) is 5.91 Å². The normalized spacial score (nSPS) is 15.8. The van der Waals surface area contributed by atoms with Gasteiger partial charge in [0.25, 0.3) is 0 Å². The first-order valence-electron chi connectivity index (χ1n) is 7.49. The van der Waals surface area contributed by atoms with Crippen LogP contribution in [0.5, 0.6) is 0 Å². The lowest BCUT2D eigenvalue weighted by molar-refractivity contribution is -0.125. The van der Waals surface area contributed by atoms with Gasteiger partial charge in [0, 0.05) is 19.0 Å². The van der Waals surface area contributed by atoms with E-state index in [-0.39, 0.29) is 11.8 Å². The molecule has 0 radical (unpaired) electrons. The summed E-state index contributed by atoms with van der Waals surface area (Å²) < 4.78 is 0. The standard InChI is InChI=1S/C15H24N4O/c16-13-7-8-14(19-11-13)17-9-4-10-18-15(20)12-5-2-1-3-6-12/h7-8,11-12H,1-6,9-10,16H2,(H,17,19)(H,18,20). The summed E-state index contributed by atoms with van der Waals surface area (Å²) >= 11 is 0. The molecule has 1 aliphatic rings. The van der Waals surface area contributed by atoms with Crippen molar-refractivity contribution in [1.82, 2.24) is 10.3 Å². The van der Waals surface area contributed by atoms with Crippen molar-refractivity contribution < 1.29 is 4.79 Å². The predicted octanol–water partition coefficient (Wildman–Crippen LogP) is 2.16. The lowest BCUT2D eigenvalue weighted by Gasteiger charge is -2.20. The van der Waals surface area contributed by atoms with Crippen LogP contribution >= 0.6 is 0 Å². The number of carbonyl (C=O) groups excluding carboxylic acids is 1. The molecule has 110 valence electrons. The lowest BCUT2D eigenvalue weighted by Crippen LogP contribution is -2.33. The number of amides is 1. The maximum atomic E-state index is 11.9. The highest BCUT2D eigenvalue weighted by molar-refractivity contribution is 5.78. The van der Waals surface area contributed by atoms with E-state index in [9.17, 15) is 4.79 Å². The molecule has 5 heteroatoms. The summed E-state index contributed by atoms with van der Waals surface area (Å²) in [6.45, 7) is 1.51. The fourth-order valence-electron chi connectivity index (χ4n) is 2.54. The van der Waals surface area contributed by atoms with Crippen LogP contribution < -0.4 is 16.4 Å². The van der Waals surface area contributed by atoms with Crippen molar-refractivity contribution in [2.24, 2.45) is 5.92 Å². The Morgan fingerprint density at radius 2 is 2.05 bits per heavy atom. The molecule has 20 heavy (non-hydrogen) atoms. The molecule has 0 aromatic carbocycles. The molecule has 2 rings (SSSR count). The molecule has 1 heterocycles. The number of rotatable bonds is 6. The number of anilines is 2. The summed E-state index contributed by atoms with van der Waals surface area (Å²) in [5, 5.41) is 6.24. The molecule has 1 aromatic heterocycles. The molecular formula is C15H24N4O. The van der Waals surface area contributed by atoms with Gasteiger partial charge in [-0.1, -0.05) is 19.3 Å². The smallest absolute Gasteiger partial charge is 0.223 e. The zero-order chi connectivity index (χ0) is 14.2. The number of carbonyl (C=O) groups is 1. The Bertz CT molecular complexity index is 412. The average molecular weight is 276 g/mol. The molecule has 4 N–H and O–H groups in total. The number of nitrogens with zero attached hydrogens (tertiary/aromatic N) is 1. The molecule has 0 atom stereocenters. The highest BCUT2D eigenvalue weighted by Crippen LogP contribution is 2.23. The maximum absolute atomic E-state index is 11.9. The number of nitrogens with one attached hydrogen (secondary N) is 2. The first kappa shape index (κ1) is 14.6. The predicted molar refractivity (Wildman–Crippen MR) is 81.3 cm³/mol. The number of nitrogen functional groups attached to an aromatic ring is 1. The number of nitrogens with two attached hydrogens (primary N) is 1. The Hall–Kier alpha value is -1.78. The Labute approximate surface area is 120 Å². The molecule has 0 saturated heterocycles. The van der Waals surface area contributed by atoms with Crippen LogP contribution in [0, 0.1) is 5.92 Å². The summed E-state index contributed by atoms with van der Waals surface area (Å²) in [7, 11) is 0. The van der Waals surface area contributed by atoms with E-state index < -0.39 is 0 Å².